The Bertz CT molecular complexity index is 406. The van der Waals surface area contributed by atoms with Gasteiger partial charge in [-0.1, -0.05) is 0 Å². The molecule has 0 aliphatic heterocycles. The predicted octanol–water partition coefficient (Wildman–Crippen LogP) is 3.96. The van der Waals surface area contributed by atoms with E-state index in [0.29, 0.717) is 26.1 Å². The van der Waals surface area contributed by atoms with E-state index in [1.807, 2.05) is 0 Å². The van der Waals surface area contributed by atoms with E-state index in [1.165, 1.54) is 0 Å². The minimum Gasteiger partial charge on any atom is -0.514 e. The summed E-state index contributed by atoms with van der Waals surface area (Å²) in [5.41, 5.74) is -0.335. The van der Waals surface area contributed by atoms with Crippen molar-refractivity contribution in [1.82, 2.24) is 5.32 Å². The Labute approximate surface area is 132 Å². The molecule has 0 saturated heterocycles. The van der Waals surface area contributed by atoms with Crippen LogP contribution in [0.5, 0.6) is 0 Å². The summed E-state index contributed by atoms with van der Waals surface area (Å²) in [6, 6.07) is 0. The second kappa shape index (κ2) is 9.87. The summed E-state index contributed by atoms with van der Waals surface area (Å²) in [6.07, 6.45) is 1.11. The van der Waals surface area contributed by atoms with E-state index >= 15 is 0 Å². The molecular weight excluding hydrogens is 309 g/mol. The number of allylic oxidation sites excluding steroid dienone is 1. The number of carbonyl (C=O) groups excluding carboxylic acids is 1. The first-order chi connectivity index (χ1) is 10.2. The Morgan fingerprint density at radius 1 is 1.23 bits per heavy atom. The number of aliphatic hydroxyl groups excluding tert-OH is 1. The van der Waals surface area contributed by atoms with Crippen LogP contribution < -0.4 is 5.32 Å². The first kappa shape index (κ1) is 21.0. The molecule has 0 aliphatic rings. The summed E-state index contributed by atoms with van der Waals surface area (Å²) in [6.45, 7) is 9.33. The molecule has 2 N–H and O–H groups in total. The van der Waals surface area contributed by atoms with Crippen LogP contribution in [-0.4, -0.2) is 36.2 Å². The molecule has 0 aromatic rings. The van der Waals surface area contributed by atoms with Crippen molar-refractivity contribution in [3.8, 4) is 0 Å². The quantitative estimate of drug-likeness (QED) is 0.488. The fourth-order valence-corrected chi connectivity index (χ4v) is 3.28. The van der Waals surface area contributed by atoms with Crippen LogP contribution in [0.15, 0.2) is 12.0 Å². The molecule has 0 spiro atoms. The first-order valence-electron chi connectivity index (χ1n) is 7.37. The highest BCUT2D eigenvalue weighted by Crippen LogP contribution is 2.48. The monoisotopic (exact) mass is 337 g/mol. The molecule has 0 aromatic heterocycles. The molecule has 0 atom stereocenters. The molecular formula is C14H28NO6P. The maximum Gasteiger partial charge on any atom is 0.411 e. The number of hydrogen-bond acceptors (Lipinski definition) is 6. The summed E-state index contributed by atoms with van der Waals surface area (Å²) in [5, 5.41) is 11.6. The number of ether oxygens (including phenoxy) is 1. The van der Waals surface area contributed by atoms with Crippen LogP contribution in [0.2, 0.25) is 0 Å². The summed E-state index contributed by atoms with van der Waals surface area (Å²) >= 11 is 0. The van der Waals surface area contributed by atoms with Crippen LogP contribution in [0.25, 0.3) is 0 Å². The number of carbonyl (C=O) groups is 1. The van der Waals surface area contributed by atoms with E-state index < -0.39 is 19.3 Å². The second-order valence-corrected chi connectivity index (χ2v) is 7.74. The molecule has 0 rings (SSSR count). The molecule has 8 heteroatoms. The molecule has 130 valence electrons. The van der Waals surface area contributed by atoms with Crippen molar-refractivity contribution >= 4 is 13.7 Å². The summed E-state index contributed by atoms with van der Waals surface area (Å²) in [5.74, 6) is 0. The molecule has 0 aromatic carbocycles. The number of aliphatic hydroxyl groups is 1. The van der Waals surface area contributed by atoms with Crippen molar-refractivity contribution in [2.24, 2.45) is 0 Å². The van der Waals surface area contributed by atoms with Crippen LogP contribution in [0.1, 0.15) is 47.5 Å². The molecule has 0 bridgehead atoms. The fourth-order valence-electron chi connectivity index (χ4n) is 1.62. The van der Waals surface area contributed by atoms with Gasteiger partial charge in [-0.15, -0.1) is 0 Å². The van der Waals surface area contributed by atoms with Crippen molar-refractivity contribution in [3.63, 3.8) is 0 Å². The minimum atomic E-state index is -3.11. The maximum atomic E-state index is 12.3. The molecule has 7 nitrogen and oxygen atoms in total. The Hall–Kier alpha value is -1.04. The molecule has 0 unspecified atom stereocenters. The zero-order valence-electron chi connectivity index (χ0n) is 14.0. The molecule has 0 aliphatic carbocycles. The van der Waals surface area contributed by atoms with Gasteiger partial charge in [0.1, 0.15) is 5.60 Å². The molecule has 22 heavy (non-hydrogen) atoms. The van der Waals surface area contributed by atoms with Gasteiger partial charge >= 0.3 is 13.7 Å². The topological polar surface area (TPSA) is 94.1 Å². The second-order valence-electron chi connectivity index (χ2n) is 5.55. The Kier molecular flexibility index (Phi) is 9.41. The number of hydrogen-bond donors (Lipinski definition) is 2. The van der Waals surface area contributed by atoms with Crippen molar-refractivity contribution < 1.29 is 28.3 Å². The van der Waals surface area contributed by atoms with E-state index in [0.717, 1.165) is 6.26 Å². The lowest BCUT2D eigenvalue weighted by Gasteiger charge is -2.20. The van der Waals surface area contributed by atoms with Crippen molar-refractivity contribution in [2.75, 3.05) is 19.4 Å². The highest BCUT2D eigenvalue weighted by molar-refractivity contribution is 7.53. The lowest BCUT2D eigenvalue weighted by molar-refractivity contribution is 0.0542. The van der Waals surface area contributed by atoms with Gasteiger partial charge in [0.15, 0.2) is 0 Å². The van der Waals surface area contributed by atoms with Crippen LogP contribution in [0.3, 0.4) is 0 Å². The first-order valence-corrected chi connectivity index (χ1v) is 9.10. The van der Waals surface area contributed by atoms with Gasteiger partial charge in [-0.25, -0.2) is 4.79 Å². The summed E-state index contributed by atoms with van der Waals surface area (Å²) in [4.78, 5) is 11.6. The van der Waals surface area contributed by atoms with Crippen molar-refractivity contribution in [3.05, 3.63) is 12.0 Å². The van der Waals surface area contributed by atoms with Gasteiger partial charge in [0.05, 0.1) is 31.3 Å². The van der Waals surface area contributed by atoms with E-state index in [2.05, 4.69) is 5.32 Å². The van der Waals surface area contributed by atoms with Gasteiger partial charge in [-0.05, 0) is 47.5 Å². The SMILES string of the molecule is CCOP(=O)(CCCC(=CO)NC(=O)OC(C)(C)C)OCC. The number of rotatable bonds is 9. The Balaban J connectivity index is 4.36. The normalized spacial score (nSPS) is 13.0. The Morgan fingerprint density at radius 3 is 2.18 bits per heavy atom. The number of alkyl carbamates (subject to hydrolysis) is 1. The van der Waals surface area contributed by atoms with Crippen LogP contribution in [0.4, 0.5) is 4.79 Å². The van der Waals surface area contributed by atoms with E-state index in [4.69, 9.17) is 18.9 Å². The zero-order chi connectivity index (χ0) is 17.2. The average Bonchev–Trinajstić information content (AvgIpc) is 2.35. The summed E-state index contributed by atoms with van der Waals surface area (Å²) < 4.78 is 27.7. The zero-order valence-corrected chi connectivity index (χ0v) is 14.9. The van der Waals surface area contributed by atoms with Gasteiger partial charge in [0, 0.05) is 0 Å². The molecule has 0 saturated carbocycles. The Morgan fingerprint density at radius 2 is 1.77 bits per heavy atom. The van der Waals surface area contributed by atoms with E-state index in [9.17, 15) is 9.36 Å². The largest absolute Gasteiger partial charge is 0.514 e. The van der Waals surface area contributed by atoms with Gasteiger partial charge in [0.2, 0.25) is 0 Å². The van der Waals surface area contributed by atoms with Crippen molar-refractivity contribution in [2.45, 2.75) is 53.1 Å². The van der Waals surface area contributed by atoms with E-state index in [1.54, 1.807) is 34.6 Å². The number of amides is 1. The van der Waals surface area contributed by atoms with Gasteiger partial charge < -0.3 is 18.9 Å². The summed E-state index contributed by atoms with van der Waals surface area (Å²) in [7, 11) is -3.11. The van der Waals surface area contributed by atoms with Gasteiger partial charge in [0.25, 0.3) is 0 Å². The molecule has 0 fully saturated rings. The van der Waals surface area contributed by atoms with Crippen LogP contribution in [-0.2, 0) is 18.3 Å². The highest BCUT2D eigenvalue weighted by atomic mass is 31.2. The van der Waals surface area contributed by atoms with Crippen LogP contribution in [0, 0.1) is 0 Å². The third-order valence-electron chi connectivity index (χ3n) is 2.35. The molecule has 1 amide bonds. The highest BCUT2D eigenvalue weighted by Gasteiger charge is 2.23. The van der Waals surface area contributed by atoms with Gasteiger partial charge in [-0.3, -0.25) is 9.88 Å². The lowest BCUT2D eigenvalue weighted by atomic mass is 10.2. The average molecular weight is 337 g/mol. The minimum absolute atomic E-state index is 0.210. The van der Waals surface area contributed by atoms with Crippen molar-refractivity contribution in [1.29, 1.82) is 0 Å². The lowest BCUT2D eigenvalue weighted by Crippen LogP contribution is -2.32. The third kappa shape index (κ3) is 9.82. The van der Waals surface area contributed by atoms with Gasteiger partial charge in [-0.2, -0.15) is 0 Å². The molecule has 0 heterocycles. The number of nitrogens with one attached hydrogen (secondary N) is 1. The maximum absolute atomic E-state index is 12.3. The third-order valence-corrected chi connectivity index (χ3v) is 4.51. The fraction of sp³-hybridized carbons (Fsp3) is 0.786. The predicted molar refractivity (Wildman–Crippen MR) is 85.0 cm³/mol. The molecule has 0 radical (unpaired) electrons. The standard InChI is InChI=1S/C14H28NO6P/c1-6-19-22(18,20-7-2)10-8-9-12(11-16)15-13(17)21-14(3,4)5/h11,16H,6-10H2,1-5H3,(H,15,17). The van der Waals surface area contributed by atoms with Crippen LogP contribution >= 0.6 is 7.60 Å². The smallest absolute Gasteiger partial charge is 0.411 e. The van der Waals surface area contributed by atoms with E-state index in [-0.39, 0.29) is 11.9 Å².